The largest absolute Gasteiger partial charge is 0.435 e. The predicted octanol–water partition coefficient (Wildman–Crippen LogP) is 3.45. The molecule has 16 heavy (non-hydrogen) atoms. The summed E-state index contributed by atoms with van der Waals surface area (Å²) in [5.41, 5.74) is 8.55. The Morgan fingerprint density at radius 2 is 2.12 bits per heavy atom. The highest BCUT2D eigenvalue weighted by Crippen LogP contribution is 2.34. The first-order valence-corrected chi connectivity index (χ1v) is 5.77. The third kappa shape index (κ3) is 1.39. The van der Waals surface area contributed by atoms with E-state index in [0.29, 0.717) is 5.89 Å². The fourth-order valence-corrected chi connectivity index (χ4v) is 2.55. The van der Waals surface area contributed by atoms with Gasteiger partial charge in [-0.15, -0.1) is 11.3 Å². The molecule has 1 aromatic carbocycles. The zero-order chi connectivity index (χ0) is 11.1. The molecule has 0 saturated heterocycles. The van der Waals surface area contributed by atoms with Crippen LogP contribution in [0.3, 0.4) is 0 Å². The number of oxazole rings is 1. The molecule has 2 aromatic heterocycles. The second-order valence-corrected chi connectivity index (χ2v) is 4.73. The van der Waals surface area contributed by atoms with Gasteiger partial charge < -0.3 is 10.2 Å². The molecule has 0 spiro atoms. The summed E-state index contributed by atoms with van der Waals surface area (Å²) in [6.45, 7) is 2.01. The highest BCUT2D eigenvalue weighted by atomic mass is 32.1. The Balaban J connectivity index is 2.22. The Morgan fingerprint density at radius 3 is 2.81 bits per heavy atom. The molecule has 0 atom stereocenters. The molecule has 80 valence electrons. The summed E-state index contributed by atoms with van der Waals surface area (Å²) in [4.78, 5) is 5.45. The molecular formula is C12H10N2OS. The Hall–Kier alpha value is -1.81. The molecule has 3 nitrogen and oxygen atoms in total. The molecular weight excluding hydrogens is 220 g/mol. The Bertz CT molecular complexity index is 621. The molecule has 0 amide bonds. The predicted molar refractivity (Wildman–Crippen MR) is 66.5 cm³/mol. The maximum absolute atomic E-state index is 5.76. The van der Waals surface area contributed by atoms with Crippen molar-refractivity contribution in [3.8, 4) is 10.8 Å². The van der Waals surface area contributed by atoms with Crippen LogP contribution in [0.15, 0.2) is 34.7 Å². The Kier molecular flexibility index (Phi) is 1.97. The van der Waals surface area contributed by atoms with Crippen LogP contribution in [0.4, 0.5) is 5.00 Å². The van der Waals surface area contributed by atoms with Crippen molar-refractivity contribution in [3.63, 3.8) is 0 Å². The van der Waals surface area contributed by atoms with E-state index >= 15 is 0 Å². The number of para-hydroxylation sites is 2. The van der Waals surface area contributed by atoms with E-state index in [1.807, 2.05) is 37.3 Å². The highest BCUT2D eigenvalue weighted by molar-refractivity contribution is 7.19. The third-order valence-electron chi connectivity index (χ3n) is 2.42. The quantitative estimate of drug-likeness (QED) is 0.696. The number of anilines is 1. The van der Waals surface area contributed by atoms with Gasteiger partial charge >= 0.3 is 0 Å². The maximum Gasteiger partial charge on any atom is 0.237 e. The first kappa shape index (κ1) is 9.42. The second-order valence-electron chi connectivity index (χ2n) is 3.65. The molecule has 2 heterocycles. The fraction of sp³-hybridized carbons (Fsp3) is 0.0833. The normalized spacial score (nSPS) is 11.1. The van der Waals surface area contributed by atoms with Crippen molar-refractivity contribution in [3.05, 3.63) is 35.9 Å². The number of thiophene rings is 1. The first-order valence-electron chi connectivity index (χ1n) is 4.96. The first-order chi connectivity index (χ1) is 7.74. The lowest BCUT2D eigenvalue weighted by Crippen LogP contribution is -1.73. The molecule has 3 aromatic rings. The number of hydrogen-bond acceptors (Lipinski definition) is 4. The van der Waals surface area contributed by atoms with E-state index in [1.54, 1.807) is 0 Å². The molecule has 4 heteroatoms. The van der Waals surface area contributed by atoms with Crippen LogP contribution in [-0.4, -0.2) is 4.98 Å². The van der Waals surface area contributed by atoms with Gasteiger partial charge in [-0.25, -0.2) is 4.98 Å². The van der Waals surface area contributed by atoms with E-state index in [2.05, 4.69) is 4.98 Å². The minimum atomic E-state index is 0.653. The van der Waals surface area contributed by atoms with Crippen LogP contribution in [0.5, 0.6) is 0 Å². The minimum Gasteiger partial charge on any atom is -0.435 e. The molecule has 0 bridgehead atoms. The van der Waals surface area contributed by atoms with E-state index in [-0.39, 0.29) is 0 Å². The van der Waals surface area contributed by atoms with Crippen LogP contribution in [0.2, 0.25) is 0 Å². The van der Waals surface area contributed by atoms with Crippen LogP contribution < -0.4 is 5.73 Å². The second kappa shape index (κ2) is 3.35. The van der Waals surface area contributed by atoms with Gasteiger partial charge in [-0.05, 0) is 30.7 Å². The van der Waals surface area contributed by atoms with E-state index in [0.717, 1.165) is 26.5 Å². The van der Waals surface area contributed by atoms with Crippen LogP contribution in [0.25, 0.3) is 21.9 Å². The lowest BCUT2D eigenvalue weighted by atomic mass is 10.3. The van der Waals surface area contributed by atoms with Gasteiger partial charge in [-0.1, -0.05) is 12.1 Å². The zero-order valence-electron chi connectivity index (χ0n) is 8.73. The summed E-state index contributed by atoms with van der Waals surface area (Å²) >= 11 is 1.50. The average molecular weight is 230 g/mol. The number of aromatic nitrogens is 1. The van der Waals surface area contributed by atoms with Crippen molar-refractivity contribution in [2.75, 3.05) is 5.73 Å². The van der Waals surface area contributed by atoms with E-state index in [1.165, 1.54) is 11.3 Å². The number of nitrogens with zero attached hydrogens (tertiary/aromatic N) is 1. The molecule has 0 fully saturated rings. The highest BCUT2D eigenvalue weighted by Gasteiger charge is 2.12. The molecule has 0 saturated carbocycles. The summed E-state index contributed by atoms with van der Waals surface area (Å²) in [6, 6.07) is 9.68. The van der Waals surface area contributed by atoms with Crippen molar-refractivity contribution in [2.24, 2.45) is 0 Å². The zero-order valence-corrected chi connectivity index (χ0v) is 9.54. The fourth-order valence-electron chi connectivity index (χ4n) is 1.69. The molecule has 0 radical (unpaired) electrons. The number of nitrogen functional groups attached to an aromatic ring is 1. The lowest BCUT2D eigenvalue weighted by Gasteiger charge is -1.89. The molecule has 0 unspecified atom stereocenters. The smallest absolute Gasteiger partial charge is 0.237 e. The van der Waals surface area contributed by atoms with Gasteiger partial charge in [0.15, 0.2) is 5.58 Å². The standard InChI is InChI=1S/C12H10N2OS/c1-7-6-10(13)16-11(7)12-14-8-4-2-3-5-9(8)15-12/h2-6H,13H2,1H3. The molecule has 3 rings (SSSR count). The number of benzene rings is 1. The molecule has 0 aliphatic carbocycles. The SMILES string of the molecule is Cc1cc(N)sc1-c1nc2ccccc2o1. The van der Waals surface area contributed by atoms with E-state index in [9.17, 15) is 0 Å². The van der Waals surface area contributed by atoms with Crippen molar-refractivity contribution >= 4 is 27.4 Å². The van der Waals surface area contributed by atoms with Gasteiger partial charge in [0.25, 0.3) is 0 Å². The minimum absolute atomic E-state index is 0.653. The summed E-state index contributed by atoms with van der Waals surface area (Å²) in [7, 11) is 0. The summed E-state index contributed by atoms with van der Waals surface area (Å²) in [5, 5.41) is 0.787. The average Bonchev–Trinajstić information content (AvgIpc) is 2.81. The van der Waals surface area contributed by atoms with Gasteiger partial charge in [0.2, 0.25) is 5.89 Å². The molecule has 0 aliphatic heterocycles. The Labute approximate surface area is 96.5 Å². The Morgan fingerprint density at radius 1 is 1.31 bits per heavy atom. The van der Waals surface area contributed by atoms with Crippen LogP contribution >= 0.6 is 11.3 Å². The number of hydrogen-bond donors (Lipinski definition) is 1. The van der Waals surface area contributed by atoms with Crippen LogP contribution in [0, 0.1) is 6.92 Å². The number of nitrogens with two attached hydrogens (primary N) is 1. The summed E-state index contributed by atoms with van der Waals surface area (Å²) in [5.74, 6) is 0.653. The summed E-state index contributed by atoms with van der Waals surface area (Å²) < 4.78 is 5.69. The summed E-state index contributed by atoms with van der Waals surface area (Å²) in [6.07, 6.45) is 0. The van der Waals surface area contributed by atoms with E-state index in [4.69, 9.17) is 10.2 Å². The molecule has 0 aliphatic rings. The van der Waals surface area contributed by atoms with Crippen LogP contribution in [-0.2, 0) is 0 Å². The van der Waals surface area contributed by atoms with Crippen molar-refractivity contribution in [1.29, 1.82) is 0 Å². The number of aryl methyl sites for hydroxylation is 1. The lowest BCUT2D eigenvalue weighted by molar-refractivity contribution is 0.621. The monoisotopic (exact) mass is 230 g/mol. The van der Waals surface area contributed by atoms with Gasteiger partial charge in [-0.3, -0.25) is 0 Å². The van der Waals surface area contributed by atoms with Gasteiger partial charge in [0.1, 0.15) is 5.52 Å². The van der Waals surface area contributed by atoms with E-state index < -0.39 is 0 Å². The van der Waals surface area contributed by atoms with Crippen molar-refractivity contribution < 1.29 is 4.42 Å². The number of fused-ring (bicyclic) bond motifs is 1. The van der Waals surface area contributed by atoms with Gasteiger partial charge in [-0.2, -0.15) is 0 Å². The molecule has 2 N–H and O–H groups in total. The van der Waals surface area contributed by atoms with Crippen LogP contribution in [0.1, 0.15) is 5.56 Å². The van der Waals surface area contributed by atoms with Gasteiger partial charge in [0, 0.05) is 0 Å². The maximum atomic E-state index is 5.76. The van der Waals surface area contributed by atoms with Gasteiger partial charge in [0.05, 0.1) is 9.88 Å². The number of rotatable bonds is 1. The topological polar surface area (TPSA) is 52.0 Å². The van der Waals surface area contributed by atoms with Crippen molar-refractivity contribution in [2.45, 2.75) is 6.92 Å². The van der Waals surface area contributed by atoms with Crippen molar-refractivity contribution in [1.82, 2.24) is 4.98 Å². The third-order valence-corrected chi connectivity index (χ3v) is 3.48.